The molecule has 1 amide bonds. The van der Waals surface area contributed by atoms with Crippen LogP contribution >= 0.6 is 0 Å². The molecule has 0 fully saturated rings. The third-order valence-corrected chi connectivity index (χ3v) is 3.26. The number of rotatable bonds is 6. The van der Waals surface area contributed by atoms with E-state index < -0.39 is 0 Å². The summed E-state index contributed by atoms with van der Waals surface area (Å²) in [5.74, 6) is -0.135. The van der Waals surface area contributed by atoms with Gasteiger partial charge in [-0.05, 0) is 23.6 Å². The molecule has 1 unspecified atom stereocenters. The van der Waals surface area contributed by atoms with Crippen LogP contribution < -0.4 is 5.32 Å². The average Bonchev–Trinajstić information content (AvgIpc) is 2.93. The smallest absolute Gasteiger partial charge is 0.224 e. The van der Waals surface area contributed by atoms with E-state index >= 15 is 0 Å². The molecule has 0 aliphatic rings. The molecule has 0 bridgehead atoms. The van der Waals surface area contributed by atoms with Crippen LogP contribution in [-0.2, 0) is 17.8 Å². The quantitative estimate of drug-likeness (QED) is 0.882. The van der Waals surface area contributed by atoms with Gasteiger partial charge in [-0.15, -0.1) is 0 Å². The molecule has 2 aromatic rings. The number of benzene rings is 1. The topological polar surface area (TPSA) is 59.8 Å². The fourth-order valence-electron chi connectivity index (χ4n) is 1.98. The summed E-state index contributed by atoms with van der Waals surface area (Å²) >= 11 is 0. The largest absolute Gasteiger partial charge is 0.351 e. The Morgan fingerprint density at radius 3 is 2.43 bits per heavy atom. The second-order valence-electron chi connectivity index (χ2n) is 5.31. The van der Waals surface area contributed by atoms with Gasteiger partial charge in [-0.2, -0.15) is 15.0 Å². The minimum Gasteiger partial charge on any atom is -0.351 e. The molecule has 1 aromatic carbocycles. The summed E-state index contributed by atoms with van der Waals surface area (Å²) < 4.78 is 12.8. The van der Waals surface area contributed by atoms with E-state index in [1.165, 1.54) is 12.1 Å². The fourth-order valence-corrected chi connectivity index (χ4v) is 1.98. The van der Waals surface area contributed by atoms with Gasteiger partial charge in [0, 0.05) is 0 Å². The third kappa shape index (κ3) is 4.66. The number of nitrogens with zero attached hydrogens (tertiary/aromatic N) is 3. The third-order valence-electron chi connectivity index (χ3n) is 3.26. The Morgan fingerprint density at radius 1 is 1.24 bits per heavy atom. The Kier molecular flexibility index (Phi) is 5.03. The molecule has 21 heavy (non-hydrogen) atoms. The van der Waals surface area contributed by atoms with Crippen LogP contribution in [0.2, 0.25) is 0 Å². The number of hydrogen-bond acceptors (Lipinski definition) is 3. The van der Waals surface area contributed by atoms with Crippen molar-refractivity contribution in [3.8, 4) is 0 Å². The highest BCUT2D eigenvalue weighted by atomic mass is 19.1. The van der Waals surface area contributed by atoms with Crippen LogP contribution in [0.3, 0.4) is 0 Å². The normalized spacial score (nSPS) is 12.4. The zero-order valence-corrected chi connectivity index (χ0v) is 12.2. The molecule has 6 heteroatoms. The monoisotopic (exact) mass is 290 g/mol. The summed E-state index contributed by atoms with van der Waals surface area (Å²) in [4.78, 5) is 13.6. The Bertz CT molecular complexity index is 566. The van der Waals surface area contributed by atoms with Gasteiger partial charge in [-0.1, -0.05) is 26.0 Å². The maximum atomic E-state index is 12.8. The van der Waals surface area contributed by atoms with Crippen molar-refractivity contribution < 1.29 is 9.18 Å². The van der Waals surface area contributed by atoms with Crippen molar-refractivity contribution >= 4 is 5.91 Å². The first-order valence-electron chi connectivity index (χ1n) is 6.92. The molecule has 1 atom stereocenters. The molecule has 112 valence electrons. The van der Waals surface area contributed by atoms with Crippen LogP contribution in [0.5, 0.6) is 0 Å². The van der Waals surface area contributed by atoms with Gasteiger partial charge in [0.2, 0.25) is 5.91 Å². The van der Waals surface area contributed by atoms with E-state index in [4.69, 9.17) is 0 Å². The summed E-state index contributed by atoms with van der Waals surface area (Å²) in [5.41, 5.74) is 0.786. The number of carbonyl (C=O) groups is 1. The van der Waals surface area contributed by atoms with E-state index in [0.717, 1.165) is 5.56 Å². The van der Waals surface area contributed by atoms with Crippen molar-refractivity contribution in [2.45, 2.75) is 32.9 Å². The van der Waals surface area contributed by atoms with Crippen LogP contribution in [-0.4, -0.2) is 26.9 Å². The first-order chi connectivity index (χ1) is 10.0. The highest BCUT2D eigenvalue weighted by Crippen LogP contribution is 2.07. The Hall–Kier alpha value is -2.24. The van der Waals surface area contributed by atoms with E-state index in [0.29, 0.717) is 6.54 Å². The lowest BCUT2D eigenvalue weighted by Gasteiger charge is -2.21. The molecule has 5 nitrogen and oxygen atoms in total. The predicted molar refractivity (Wildman–Crippen MR) is 76.9 cm³/mol. The maximum absolute atomic E-state index is 12.8. The lowest BCUT2D eigenvalue weighted by molar-refractivity contribution is -0.121. The highest BCUT2D eigenvalue weighted by molar-refractivity contribution is 5.78. The summed E-state index contributed by atoms with van der Waals surface area (Å²) in [6.45, 7) is 4.60. The zero-order chi connectivity index (χ0) is 15.2. The van der Waals surface area contributed by atoms with Crippen molar-refractivity contribution in [2.75, 3.05) is 0 Å². The number of halogens is 1. The summed E-state index contributed by atoms with van der Waals surface area (Å²) in [5, 5.41) is 11.1. The van der Waals surface area contributed by atoms with E-state index in [2.05, 4.69) is 15.5 Å². The number of hydrogen-bond donors (Lipinski definition) is 1. The Balaban J connectivity index is 1.93. The van der Waals surface area contributed by atoms with Gasteiger partial charge >= 0.3 is 0 Å². The molecule has 0 saturated carbocycles. The van der Waals surface area contributed by atoms with Gasteiger partial charge in [0.05, 0.1) is 31.4 Å². The number of aromatic nitrogens is 3. The molecule has 1 aromatic heterocycles. The molecular formula is C15H19FN4O. The van der Waals surface area contributed by atoms with Crippen molar-refractivity contribution in [1.29, 1.82) is 0 Å². The molecular weight excluding hydrogens is 271 g/mol. The average molecular weight is 290 g/mol. The number of amides is 1. The standard InChI is InChI=1S/C15H19FN4O/c1-11(2)14(10-20-17-7-8-18-20)19-15(21)9-12-3-5-13(16)6-4-12/h3-8,11,14H,9-10H2,1-2H3,(H,19,21). The van der Waals surface area contributed by atoms with Crippen molar-refractivity contribution in [2.24, 2.45) is 5.92 Å². The van der Waals surface area contributed by atoms with Gasteiger partial charge in [0.1, 0.15) is 5.82 Å². The number of nitrogens with one attached hydrogen (secondary N) is 1. The van der Waals surface area contributed by atoms with Crippen LogP contribution in [0, 0.1) is 11.7 Å². The first kappa shape index (κ1) is 15.2. The molecule has 0 spiro atoms. The second-order valence-corrected chi connectivity index (χ2v) is 5.31. The first-order valence-corrected chi connectivity index (χ1v) is 6.92. The lowest BCUT2D eigenvalue weighted by Crippen LogP contribution is -2.42. The van der Waals surface area contributed by atoms with Gasteiger partial charge in [0.25, 0.3) is 0 Å². The highest BCUT2D eigenvalue weighted by Gasteiger charge is 2.17. The van der Waals surface area contributed by atoms with Gasteiger partial charge in [-0.3, -0.25) is 4.79 Å². The molecule has 0 aliphatic heterocycles. The molecule has 0 radical (unpaired) electrons. The maximum Gasteiger partial charge on any atom is 0.224 e. The predicted octanol–water partition coefficient (Wildman–Crippen LogP) is 1.80. The summed E-state index contributed by atoms with van der Waals surface area (Å²) in [6.07, 6.45) is 3.45. The summed E-state index contributed by atoms with van der Waals surface area (Å²) in [7, 11) is 0. The van der Waals surface area contributed by atoms with Crippen molar-refractivity contribution in [3.63, 3.8) is 0 Å². The minimum absolute atomic E-state index is 0.0506. The van der Waals surface area contributed by atoms with Gasteiger partial charge in [0.15, 0.2) is 0 Å². The van der Waals surface area contributed by atoms with Crippen LogP contribution in [0.4, 0.5) is 4.39 Å². The van der Waals surface area contributed by atoms with E-state index in [-0.39, 0.29) is 30.1 Å². The number of carbonyl (C=O) groups excluding carboxylic acids is 1. The summed E-state index contributed by atoms with van der Waals surface area (Å²) in [6, 6.07) is 5.90. The van der Waals surface area contributed by atoms with Crippen LogP contribution in [0.15, 0.2) is 36.7 Å². The minimum atomic E-state index is -0.302. The lowest BCUT2D eigenvalue weighted by atomic mass is 10.0. The zero-order valence-electron chi connectivity index (χ0n) is 12.2. The Labute approximate surface area is 123 Å². The van der Waals surface area contributed by atoms with Crippen LogP contribution in [0.1, 0.15) is 19.4 Å². The molecule has 2 rings (SSSR count). The fraction of sp³-hybridized carbons (Fsp3) is 0.400. The van der Waals surface area contributed by atoms with E-state index in [9.17, 15) is 9.18 Å². The second kappa shape index (κ2) is 6.97. The van der Waals surface area contributed by atoms with E-state index in [1.807, 2.05) is 13.8 Å². The SMILES string of the molecule is CC(C)C(Cn1nccn1)NC(=O)Cc1ccc(F)cc1. The molecule has 0 saturated heterocycles. The van der Waals surface area contributed by atoms with Crippen molar-refractivity contribution in [3.05, 3.63) is 48.0 Å². The van der Waals surface area contributed by atoms with Gasteiger partial charge < -0.3 is 5.32 Å². The Morgan fingerprint density at radius 2 is 1.86 bits per heavy atom. The van der Waals surface area contributed by atoms with Crippen LogP contribution in [0.25, 0.3) is 0 Å². The van der Waals surface area contributed by atoms with E-state index in [1.54, 1.807) is 29.3 Å². The molecule has 1 N–H and O–H groups in total. The molecule has 0 aliphatic carbocycles. The molecule has 1 heterocycles. The van der Waals surface area contributed by atoms with Crippen molar-refractivity contribution in [1.82, 2.24) is 20.3 Å². The van der Waals surface area contributed by atoms with Gasteiger partial charge in [-0.25, -0.2) is 4.39 Å².